The lowest BCUT2D eigenvalue weighted by Gasteiger charge is -2.26. The maximum Gasteiger partial charge on any atom is 0.270 e. The molecule has 0 bridgehead atoms. The molecule has 2 aromatic rings. The van der Waals surface area contributed by atoms with Crippen LogP contribution >= 0.6 is 11.6 Å². The van der Waals surface area contributed by atoms with Gasteiger partial charge < -0.3 is 14.7 Å². The van der Waals surface area contributed by atoms with Crippen molar-refractivity contribution in [1.82, 2.24) is 4.90 Å². The molecule has 0 aromatic heterocycles. The predicted octanol–water partition coefficient (Wildman–Crippen LogP) is 3.78. The second-order valence-electron chi connectivity index (χ2n) is 6.37. The van der Waals surface area contributed by atoms with Crippen molar-refractivity contribution in [2.75, 3.05) is 13.2 Å². The standard InChI is InChI=1S/C19H19ClN2O5/c20-17-8-7-14(22(25)26)10-16(17)19(24)21(12-15-5-3-9-27-15)11-13-4-1-2-6-18(13)23/h1-2,4,6-8,10,15,23H,3,5,9,11-12H2. The van der Waals surface area contributed by atoms with E-state index in [1.165, 1.54) is 23.1 Å². The highest BCUT2D eigenvalue weighted by Gasteiger charge is 2.26. The third-order valence-corrected chi connectivity index (χ3v) is 4.81. The zero-order valence-corrected chi connectivity index (χ0v) is 15.3. The van der Waals surface area contributed by atoms with E-state index < -0.39 is 10.8 Å². The number of nitrogens with zero attached hydrogens (tertiary/aromatic N) is 2. The summed E-state index contributed by atoms with van der Waals surface area (Å²) < 4.78 is 5.63. The fourth-order valence-corrected chi connectivity index (χ4v) is 3.26. The largest absolute Gasteiger partial charge is 0.508 e. The second kappa shape index (κ2) is 8.37. The number of carbonyl (C=O) groups excluding carboxylic acids is 1. The Morgan fingerprint density at radius 3 is 2.78 bits per heavy atom. The van der Waals surface area contributed by atoms with Crippen molar-refractivity contribution < 1.29 is 19.6 Å². The average Bonchev–Trinajstić information content (AvgIpc) is 3.15. The van der Waals surface area contributed by atoms with Crippen molar-refractivity contribution in [1.29, 1.82) is 0 Å². The molecule has 0 spiro atoms. The van der Waals surface area contributed by atoms with Crippen molar-refractivity contribution in [3.63, 3.8) is 0 Å². The number of benzene rings is 2. The first-order valence-corrected chi connectivity index (χ1v) is 8.95. The Morgan fingerprint density at radius 1 is 1.33 bits per heavy atom. The van der Waals surface area contributed by atoms with E-state index in [-0.39, 0.29) is 34.7 Å². The molecule has 2 aromatic carbocycles. The number of nitro groups is 1. The molecule has 1 amide bonds. The minimum Gasteiger partial charge on any atom is -0.508 e. The Balaban J connectivity index is 1.91. The van der Waals surface area contributed by atoms with Crippen LogP contribution in [0.1, 0.15) is 28.8 Å². The van der Waals surface area contributed by atoms with Crippen LogP contribution < -0.4 is 0 Å². The maximum absolute atomic E-state index is 13.1. The number of phenolic OH excluding ortho intramolecular Hbond substituents is 1. The molecule has 0 radical (unpaired) electrons. The molecule has 7 nitrogen and oxygen atoms in total. The van der Waals surface area contributed by atoms with Crippen LogP contribution in [-0.2, 0) is 11.3 Å². The SMILES string of the molecule is O=C(c1cc([N+](=O)[O-])ccc1Cl)N(Cc1ccccc1O)CC1CCCO1. The van der Waals surface area contributed by atoms with Gasteiger partial charge in [0.05, 0.1) is 21.6 Å². The molecular weight excluding hydrogens is 372 g/mol. The predicted molar refractivity (Wildman–Crippen MR) is 99.9 cm³/mol. The molecule has 3 rings (SSSR count). The van der Waals surface area contributed by atoms with Gasteiger partial charge in [0.15, 0.2) is 0 Å². The molecule has 0 aliphatic carbocycles. The van der Waals surface area contributed by atoms with Crippen LogP contribution in [0, 0.1) is 10.1 Å². The average molecular weight is 391 g/mol. The Bertz CT molecular complexity index is 852. The fourth-order valence-electron chi connectivity index (χ4n) is 3.06. The Hall–Kier alpha value is -2.64. The summed E-state index contributed by atoms with van der Waals surface area (Å²) in [4.78, 5) is 25.1. The number of halogens is 1. The number of phenols is 1. The van der Waals surface area contributed by atoms with Crippen molar-refractivity contribution in [2.45, 2.75) is 25.5 Å². The molecule has 1 saturated heterocycles. The summed E-state index contributed by atoms with van der Waals surface area (Å²) >= 11 is 6.14. The molecule has 8 heteroatoms. The summed E-state index contributed by atoms with van der Waals surface area (Å²) in [5, 5.41) is 21.3. The molecular formula is C19H19ClN2O5. The zero-order valence-electron chi connectivity index (χ0n) is 14.5. The first-order chi connectivity index (χ1) is 13.0. The lowest BCUT2D eigenvalue weighted by atomic mass is 10.1. The number of hydrogen-bond donors (Lipinski definition) is 1. The number of nitro benzene ring substituents is 1. The van der Waals surface area contributed by atoms with Gasteiger partial charge in [0.2, 0.25) is 0 Å². The van der Waals surface area contributed by atoms with E-state index in [0.717, 1.165) is 12.8 Å². The molecule has 1 fully saturated rings. The third-order valence-electron chi connectivity index (χ3n) is 4.48. The van der Waals surface area contributed by atoms with Crippen molar-refractivity contribution in [3.05, 3.63) is 68.7 Å². The zero-order chi connectivity index (χ0) is 19.4. The lowest BCUT2D eigenvalue weighted by molar-refractivity contribution is -0.384. The van der Waals surface area contributed by atoms with E-state index in [1.807, 2.05) is 0 Å². The van der Waals surface area contributed by atoms with E-state index in [1.54, 1.807) is 24.3 Å². The van der Waals surface area contributed by atoms with E-state index in [0.29, 0.717) is 18.7 Å². The normalized spacial score (nSPS) is 16.3. The van der Waals surface area contributed by atoms with Crippen LogP contribution in [-0.4, -0.2) is 40.1 Å². The molecule has 1 atom stereocenters. The molecule has 1 heterocycles. The van der Waals surface area contributed by atoms with Gasteiger partial charge in [0, 0.05) is 37.4 Å². The monoisotopic (exact) mass is 390 g/mol. The number of hydrogen-bond acceptors (Lipinski definition) is 5. The topological polar surface area (TPSA) is 92.9 Å². The number of rotatable bonds is 6. The van der Waals surface area contributed by atoms with Gasteiger partial charge in [-0.05, 0) is 25.0 Å². The fraction of sp³-hybridized carbons (Fsp3) is 0.316. The number of ether oxygens (including phenoxy) is 1. The summed E-state index contributed by atoms with van der Waals surface area (Å²) in [5.74, 6) is -0.366. The smallest absolute Gasteiger partial charge is 0.270 e. The van der Waals surface area contributed by atoms with Gasteiger partial charge in [-0.1, -0.05) is 29.8 Å². The van der Waals surface area contributed by atoms with Gasteiger partial charge in [0.1, 0.15) is 5.75 Å². The molecule has 27 heavy (non-hydrogen) atoms. The Kier molecular flexibility index (Phi) is 5.93. The minimum atomic E-state index is -0.569. The highest BCUT2D eigenvalue weighted by atomic mass is 35.5. The van der Waals surface area contributed by atoms with E-state index >= 15 is 0 Å². The van der Waals surface area contributed by atoms with Crippen molar-refractivity contribution in [2.24, 2.45) is 0 Å². The molecule has 1 aliphatic rings. The van der Waals surface area contributed by atoms with Gasteiger partial charge >= 0.3 is 0 Å². The number of para-hydroxylation sites is 1. The highest BCUT2D eigenvalue weighted by molar-refractivity contribution is 6.33. The Morgan fingerprint density at radius 2 is 2.11 bits per heavy atom. The quantitative estimate of drug-likeness (QED) is 0.598. The number of amides is 1. The van der Waals surface area contributed by atoms with Crippen LogP contribution in [0.5, 0.6) is 5.75 Å². The van der Waals surface area contributed by atoms with Gasteiger partial charge in [-0.15, -0.1) is 0 Å². The summed E-state index contributed by atoms with van der Waals surface area (Å²) in [7, 11) is 0. The first kappa shape index (κ1) is 19.1. The van der Waals surface area contributed by atoms with E-state index in [4.69, 9.17) is 16.3 Å². The highest BCUT2D eigenvalue weighted by Crippen LogP contribution is 2.26. The second-order valence-corrected chi connectivity index (χ2v) is 6.78. The van der Waals surface area contributed by atoms with E-state index in [2.05, 4.69) is 0 Å². The summed E-state index contributed by atoms with van der Waals surface area (Å²) in [5.41, 5.74) is 0.423. The molecule has 142 valence electrons. The van der Waals surface area contributed by atoms with Gasteiger partial charge in [-0.25, -0.2) is 0 Å². The van der Waals surface area contributed by atoms with Crippen molar-refractivity contribution >= 4 is 23.2 Å². The number of aromatic hydroxyl groups is 1. The van der Waals surface area contributed by atoms with Gasteiger partial charge in [0.25, 0.3) is 11.6 Å². The number of carbonyl (C=O) groups is 1. The number of non-ortho nitro benzene ring substituents is 1. The van der Waals surface area contributed by atoms with Crippen LogP contribution in [0.25, 0.3) is 0 Å². The molecule has 0 saturated carbocycles. The van der Waals surface area contributed by atoms with Gasteiger partial charge in [-0.3, -0.25) is 14.9 Å². The first-order valence-electron chi connectivity index (χ1n) is 8.57. The van der Waals surface area contributed by atoms with Crippen LogP contribution in [0.15, 0.2) is 42.5 Å². The summed E-state index contributed by atoms with van der Waals surface area (Å²) in [6.07, 6.45) is 1.63. The lowest BCUT2D eigenvalue weighted by Crippen LogP contribution is -2.37. The maximum atomic E-state index is 13.1. The molecule has 1 aliphatic heterocycles. The summed E-state index contributed by atoms with van der Waals surface area (Å²) in [6, 6.07) is 10.5. The molecule has 1 N–H and O–H groups in total. The molecule has 1 unspecified atom stereocenters. The minimum absolute atomic E-state index is 0.0549. The van der Waals surface area contributed by atoms with E-state index in [9.17, 15) is 20.0 Å². The third kappa shape index (κ3) is 4.56. The van der Waals surface area contributed by atoms with Gasteiger partial charge in [-0.2, -0.15) is 0 Å². The van der Waals surface area contributed by atoms with Crippen LogP contribution in [0.3, 0.4) is 0 Å². The van der Waals surface area contributed by atoms with Crippen molar-refractivity contribution in [3.8, 4) is 5.75 Å². The Labute approximate surface area is 161 Å². The van der Waals surface area contributed by atoms with Crippen LogP contribution in [0.2, 0.25) is 5.02 Å². The van der Waals surface area contributed by atoms with Crippen LogP contribution in [0.4, 0.5) is 5.69 Å². The summed E-state index contributed by atoms with van der Waals surface area (Å²) in [6.45, 7) is 1.09.